The molecule has 4 heteroatoms. The lowest BCUT2D eigenvalue weighted by atomic mass is 9.45. The molecule has 2 fully saturated rings. The Morgan fingerprint density at radius 3 is 2.87 bits per heavy atom. The molecule has 0 saturated heterocycles. The Morgan fingerprint density at radius 2 is 2.09 bits per heavy atom. The van der Waals surface area contributed by atoms with Gasteiger partial charge < -0.3 is 19.3 Å². The van der Waals surface area contributed by atoms with E-state index in [4.69, 9.17) is 14.2 Å². The summed E-state index contributed by atoms with van der Waals surface area (Å²) in [6.07, 6.45) is 5.82. The lowest BCUT2D eigenvalue weighted by Crippen LogP contribution is -2.70. The molecule has 4 nitrogen and oxygen atoms in total. The minimum absolute atomic E-state index is 0.0390. The Bertz CT molecular complexity index is 672. The van der Waals surface area contributed by atoms with Gasteiger partial charge in [-0.3, -0.25) is 0 Å². The van der Waals surface area contributed by atoms with Crippen LogP contribution >= 0.6 is 0 Å². The van der Waals surface area contributed by atoms with Gasteiger partial charge in [0.1, 0.15) is 6.10 Å². The number of ether oxygens (including phenoxy) is 3. The molecule has 1 aromatic carbocycles. The van der Waals surface area contributed by atoms with Gasteiger partial charge in [-0.2, -0.15) is 0 Å². The van der Waals surface area contributed by atoms with Crippen LogP contribution in [0.4, 0.5) is 0 Å². The summed E-state index contributed by atoms with van der Waals surface area (Å²) in [4.78, 5) is 0. The van der Waals surface area contributed by atoms with Crippen molar-refractivity contribution in [1.82, 2.24) is 0 Å². The number of benzene rings is 1. The SMILES string of the molecule is COc1ccc2c3c1OC1C(OC)CCC4(O)[C@H](CCC[C@]314)C2. The van der Waals surface area contributed by atoms with Gasteiger partial charge in [-0.15, -0.1) is 0 Å². The first-order chi connectivity index (χ1) is 11.2. The molecule has 4 aliphatic rings. The molecular formula is C19H24O4. The van der Waals surface area contributed by atoms with Crippen LogP contribution in [0.3, 0.4) is 0 Å². The molecule has 1 spiro atoms. The van der Waals surface area contributed by atoms with Crippen LogP contribution in [-0.2, 0) is 16.6 Å². The zero-order chi connectivity index (χ0) is 15.8. The summed E-state index contributed by atoms with van der Waals surface area (Å²) >= 11 is 0. The van der Waals surface area contributed by atoms with Crippen LogP contribution in [0.15, 0.2) is 12.1 Å². The highest BCUT2D eigenvalue weighted by molar-refractivity contribution is 5.62. The summed E-state index contributed by atoms with van der Waals surface area (Å²) in [6, 6.07) is 4.20. The maximum Gasteiger partial charge on any atom is 0.166 e. The second-order valence-electron chi connectivity index (χ2n) is 7.67. The Hall–Kier alpha value is -1.26. The minimum Gasteiger partial charge on any atom is -0.493 e. The summed E-state index contributed by atoms with van der Waals surface area (Å²) in [5, 5.41) is 11.8. The van der Waals surface area contributed by atoms with Gasteiger partial charge >= 0.3 is 0 Å². The topological polar surface area (TPSA) is 47.9 Å². The van der Waals surface area contributed by atoms with Crippen LogP contribution in [0.2, 0.25) is 0 Å². The number of aliphatic hydroxyl groups is 1. The van der Waals surface area contributed by atoms with Crippen LogP contribution in [0.25, 0.3) is 0 Å². The molecule has 2 saturated carbocycles. The maximum absolute atomic E-state index is 11.8. The van der Waals surface area contributed by atoms with E-state index in [1.165, 1.54) is 11.1 Å². The lowest BCUT2D eigenvalue weighted by Gasteiger charge is -2.61. The third-order valence-electron chi connectivity index (χ3n) is 7.09. The van der Waals surface area contributed by atoms with Gasteiger partial charge in [0.2, 0.25) is 0 Å². The average molecular weight is 316 g/mol. The highest BCUT2D eigenvalue weighted by Gasteiger charge is 2.71. The predicted molar refractivity (Wildman–Crippen MR) is 85.1 cm³/mol. The Labute approximate surface area is 136 Å². The molecule has 0 amide bonds. The molecule has 23 heavy (non-hydrogen) atoms. The zero-order valence-electron chi connectivity index (χ0n) is 13.8. The number of methoxy groups -OCH3 is 2. The van der Waals surface area contributed by atoms with Crippen LogP contribution in [-0.4, -0.2) is 37.1 Å². The Kier molecular flexibility index (Phi) is 2.71. The highest BCUT2D eigenvalue weighted by Crippen LogP contribution is 2.67. The monoisotopic (exact) mass is 316 g/mol. The summed E-state index contributed by atoms with van der Waals surface area (Å²) < 4.78 is 17.8. The van der Waals surface area contributed by atoms with Gasteiger partial charge in [0.05, 0.1) is 24.2 Å². The van der Waals surface area contributed by atoms with E-state index in [1.54, 1.807) is 14.2 Å². The van der Waals surface area contributed by atoms with Crippen molar-refractivity contribution in [2.45, 2.75) is 61.7 Å². The van der Waals surface area contributed by atoms with E-state index in [0.29, 0.717) is 5.92 Å². The van der Waals surface area contributed by atoms with E-state index in [9.17, 15) is 5.11 Å². The highest BCUT2D eigenvalue weighted by atomic mass is 16.6. The Balaban J connectivity index is 1.82. The molecule has 1 heterocycles. The molecule has 3 aliphatic carbocycles. The van der Waals surface area contributed by atoms with Gasteiger partial charge in [-0.05, 0) is 49.7 Å². The smallest absolute Gasteiger partial charge is 0.166 e. The van der Waals surface area contributed by atoms with Crippen molar-refractivity contribution >= 4 is 0 Å². The first kappa shape index (κ1) is 14.1. The third kappa shape index (κ3) is 1.42. The van der Waals surface area contributed by atoms with Crippen LogP contribution < -0.4 is 9.47 Å². The van der Waals surface area contributed by atoms with E-state index in [2.05, 4.69) is 6.07 Å². The van der Waals surface area contributed by atoms with Crippen molar-refractivity contribution < 1.29 is 19.3 Å². The van der Waals surface area contributed by atoms with Gasteiger partial charge in [0.15, 0.2) is 11.5 Å². The van der Waals surface area contributed by atoms with E-state index >= 15 is 0 Å². The molecule has 1 N–H and O–H groups in total. The summed E-state index contributed by atoms with van der Waals surface area (Å²) in [7, 11) is 3.45. The van der Waals surface area contributed by atoms with Crippen molar-refractivity contribution in [2.75, 3.05) is 14.2 Å². The van der Waals surface area contributed by atoms with Crippen molar-refractivity contribution in [3.63, 3.8) is 0 Å². The normalized spacial score (nSPS) is 42.8. The largest absolute Gasteiger partial charge is 0.493 e. The molecule has 1 aliphatic heterocycles. The van der Waals surface area contributed by atoms with Gasteiger partial charge in [0, 0.05) is 12.7 Å². The molecule has 5 atom stereocenters. The predicted octanol–water partition coefficient (Wildman–Crippen LogP) is 2.59. The fraction of sp³-hybridized carbons (Fsp3) is 0.684. The first-order valence-electron chi connectivity index (χ1n) is 8.78. The van der Waals surface area contributed by atoms with Crippen LogP contribution in [0.5, 0.6) is 11.5 Å². The second-order valence-corrected chi connectivity index (χ2v) is 7.67. The average Bonchev–Trinajstić information content (AvgIpc) is 2.89. The molecule has 0 radical (unpaired) electrons. The van der Waals surface area contributed by atoms with E-state index < -0.39 is 5.60 Å². The van der Waals surface area contributed by atoms with Gasteiger partial charge in [0.25, 0.3) is 0 Å². The second kappa shape index (κ2) is 4.42. The summed E-state index contributed by atoms with van der Waals surface area (Å²) in [5.74, 6) is 1.98. The van der Waals surface area contributed by atoms with Crippen LogP contribution in [0, 0.1) is 5.92 Å². The quantitative estimate of drug-likeness (QED) is 0.911. The van der Waals surface area contributed by atoms with E-state index in [0.717, 1.165) is 50.0 Å². The van der Waals surface area contributed by atoms with E-state index in [1.807, 2.05) is 6.07 Å². The maximum atomic E-state index is 11.8. The summed E-state index contributed by atoms with van der Waals surface area (Å²) in [6.45, 7) is 0. The molecule has 124 valence electrons. The molecule has 0 aromatic heterocycles. The summed E-state index contributed by atoms with van der Waals surface area (Å²) in [5.41, 5.74) is 1.60. The van der Waals surface area contributed by atoms with Crippen molar-refractivity contribution in [2.24, 2.45) is 5.92 Å². The Morgan fingerprint density at radius 1 is 1.22 bits per heavy atom. The fourth-order valence-corrected chi connectivity index (χ4v) is 6.20. The molecular weight excluding hydrogens is 292 g/mol. The lowest BCUT2D eigenvalue weighted by molar-refractivity contribution is -0.199. The van der Waals surface area contributed by atoms with Crippen molar-refractivity contribution in [3.05, 3.63) is 23.3 Å². The standard InChI is InChI=1S/C19H24O4/c1-21-13-6-5-11-10-12-4-3-8-18-15(11)16(13)23-17(18)14(22-2)7-9-19(12,18)20/h5-6,12,14,17,20H,3-4,7-10H2,1-2H3/t12-,14?,17?,18+,19?/m1/s1. The van der Waals surface area contributed by atoms with Crippen molar-refractivity contribution in [1.29, 1.82) is 0 Å². The molecule has 3 unspecified atom stereocenters. The fourth-order valence-electron chi connectivity index (χ4n) is 6.20. The zero-order valence-corrected chi connectivity index (χ0v) is 13.8. The number of rotatable bonds is 2. The molecule has 5 rings (SSSR count). The number of hydrogen-bond acceptors (Lipinski definition) is 4. The molecule has 1 aromatic rings. The molecule has 2 bridgehead atoms. The van der Waals surface area contributed by atoms with Crippen molar-refractivity contribution in [3.8, 4) is 11.5 Å². The van der Waals surface area contributed by atoms with Crippen LogP contribution in [0.1, 0.15) is 43.2 Å². The van der Waals surface area contributed by atoms with E-state index in [-0.39, 0.29) is 17.6 Å². The third-order valence-corrected chi connectivity index (χ3v) is 7.09. The van der Waals surface area contributed by atoms with Gasteiger partial charge in [-0.25, -0.2) is 0 Å². The first-order valence-corrected chi connectivity index (χ1v) is 8.78. The van der Waals surface area contributed by atoms with Gasteiger partial charge in [-0.1, -0.05) is 12.5 Å². The number of hydrogen-bond donors (Lipinski definition) is 1. The minimum atomic E-state index is -0.657.